The van der Waals surface area contributed by atoms with Crippen molar-refractivity contribution in [2.75, 3.05) is 0 Å². The van der Waals surface area contributed by atoms with Crippen LogP contribution in [0.25, 0.3) is 0 Å². The lowest BCUT2D eigenvalue weighted by Gasteiger charge is -1.87. The topological polar surface area (TPSA) is 12.0 Å². The molecule has 0 heterocycles. The SMILES string of the molecule is [CH2]NC(=C)C. The molecule has 0 aromatic rings. The second-order valence-corrected chi connectivity index (χ2v) is 0.957. The van der Waals surface area contributed by atoms with E-state index in [0.717, 1.165) is 5.70 Å². The van der Waals surface area contributed by atoms with E-state index in [9.17, 15) is 0 Å². The van der Waals surface area contributed by atoms with Gasteiger partial charge < -0.3 is 5.32 Å². The van der Waals surface area contributed by atoms with Crippen LogP contribution in [0.5, 0.6) is 0 Å². The normalized spacial score (nSPS) is 6.80. The maximum Gasteiger partial charge on any atom is 0.0317 e. The second kappa shape index (κ2) is 1.82. The number of hydrogen-bond donors (Lipinski definition) is 1. The maximum atomic E-state index is 3.50. The molecule has 0 aliphatic heterocycles. The van der Waals surface area contributed by atoms with Gasteiger partial charge in [-0.2, -0.15) is 0 Å². The minimum atomic E-state index is 0.894. The van der Waals surface area contributed by atoms with Gasteiger partial charge in [-0.3, -0.25) is 0 Å². The zero-order valence-corrected chi connectivity index (χ0v) is 3.41. The largest absolute Gasteiger partial charge is 0.387 e. The van der Waals surface area contributed by atoms with Gasteiger partial charge in [0.2, 0.25) is 0 Å². The first-order valence-corrected chi connectivity index (χ1v) is 1.46. The summed E-state index contributed by atoms with van der Waals surface area (Å²) in [5, 5.41) is 2.58. The number of rotatable bonds is 1. The summed E-state index contributed by atoms with van der Waals surface area (Å²) in [6.45, 7) is 5.35. The Bertz CT molecular complexity index is 38.9. The van der Waals surface area contributed by atoms with Gasteiger partial charge in [0, 0.05) is 12.7 Å². The van der Waals surface area contributed by atoms with Crippen LogP contribution in [0.2, 0.25) is 0 Å². The van der Waals surface area contributed by atoms with Crippen molar-refractivity contribution in [2.45, 2.75) is 6.92 Å². The first-order valence-electron chi connectivity index (χ1n) is 1.46. The molecule has 1 N–H and O–H groups in total. The average molecular weight is 70.1 g/mol. The van der Waals surface area contributed by atoms with Gasteiger partial charge in [0.1, 0.15) is 0 Å². The number of nitrogens with one attached hydrogen (secondary N) is 1. The third-order valence-electron chi connectivity index (χ3n) is 0.302. The molecule has 0 fully saturated rings. The molecule has 1 heteroatoms. The van der Waals surface area contributed by atoms with Crippen molar-refractivity contribution in [3.63, 3.8) is 0 Å². The van der Waals surface area contributed by atoms with Crippen LogP contribution in [-0.2, 0) is 0 Å². The third-order valence-corrected chi connectivity index (χ3v) is 0.302. The maximum absolute atomic E-state index is 3.50. The summed E-state index contributed by atoms with van der Waals surface area (Å²) in [7, 11) is 3.34. The Morgan fingerprint density at radius 3 is 2.00 bits per heavy atom. The highest BCUT2D eigenvalue weighted by Gasteiger charge is 1.63. The number of allylic oxidation sites excluding steroid dienone is 1. The molecule has 1 nitrogen and oxygen atoms in total. The predicted octanol–water partition coefficient (Wildman–Crippen LogP) is 0.901. The van der Waals surface area contributed by atoms with Crippen LogP contribution in [0.4, 0.5) is 0 Å². The average Bonchev–Trinajstić information content (AvgIpc) is 1.38. The van der Waals surface area contributed by atoms with Gasteiger partial charge in [-0.25, -0.2) is 0 Å². The fraction of sp³-hybridized carbons (Fsp3) is 0.250. The van der Waals surface area contributed by atoms with Crippen molar-refractivity contribution in [1.82, 2.24) is 5.32 Å². The first kappa shape index (κ1) is 4.54. The molecular weight excluding hydrogens is 62.1 g/mol. The third kappa shape index (κ3) is 3.54. The van der Waals surface area contributed by atoms with E-state index in [1.165, 1.54) is 0 Å². The van der Waals surface area contributed by atoms with E-state index in [1.807, 2.05) is 6.92 Å². The molecule has 0 aromatic carbocycles. The van der Waals surface area contributed by atoms with Gasteiger partial charge >= 0.3 is 0 Å². The molecule has 0 aromatic heterocycles. The molecule has 0 atom stereocenters. The summed E-state index contributed by atoms with van der Waals surface area (Å²) < 4.78 is 0. The summed E-state index contributed by atoms with van der Waals surface area (Å²) in [5.41, 5.74) is 0.894. The Labute approximate surface area is 32.7 Å². The summed E-state index contributed by atoms with van der Waals surface area (Å²) >= 11 is 0. The van der Waals surface area contributed by atoms with E-state index >= 15 is 0 Å². The molecule has 29 valence electrons. The van der Waals surface area contributed by atoms with E-state index in [1.54, 1.807) is 0 Å². The summed E-state index contributed by atoms with van der Waals surface area (Å²) in [4.78, 5) is 0. The Kier molecular flexibility index (Phi) is 1.65. The molecule has 0 aliphatic carbocycles. The van der Waals surface area contributed by atoms with E-state index < -0.39 is 0 Å². The van der Waals surface area contributed by atoms with E-state index in [2.05, 4.69) is 18.9 Å². The van der Waals surface area contributed by atoms with E-state index in [4.69, 9.17) is 0 Å². The standard InChI is InChI=1S/C4H8N/c1-4(2)5-3/h5H,1,3H2,2H3. The van der Waals surface area contributed by atoms with Gasteiger partial charge in [0.25, 0.3) is 0 Å². The van der Waals surface area contributed by atoms with Crippen molar-refractivity contribution in [2.24, 2.45) is 0 Å². The lowest BCUT2D eigenvalue weighted by Crippen LogP contribution is -1.93. The molecular formula is C4H8N. The van der Waals surface area contributed by atoms with Crippen LogP contribution in [0.3, 0.4) is 0 Å². The first-order chi connectivity index (χ1) is 2.27. The molecule has 5 heavy (non-hydrogen) atoms. The van der Waals surface area contributed by atoms with Gasteiger partial charge in [-0.15, -0.1) is 0 Å². The minimum Gasteiger partial charge on any atom is -0.387 e. The molecule has 0 saturated heterocycles. The predicted molar refractivity (Wildman–Crippen MR) is 23.3 cm³/mol. The van der Waals surface area contributed by atoms with Crippen molar-refractivity contribution >= 4 is 0 Å². The summed E-state index contributed by atoms with van der Waals surface area (Å²) in [6, 6.07) is 0. The lowest BCUT2D eigenvalue weighted by molar-refractivity contribution is 1.07. The van der Waals surface area contributed by atoms with Gasteiger partial charge in [-0.1, -0.05) is 6.58 Å². The molecule has 0 rings (SSSR count). The fourth-order valence-electron chi connectivity index (χ4n) is 0. The van der Waals surface area contributed by atoms with Crippen LogP contribution in [0, 0.1) is 7.05 Å². The van der Waals surface area contributed by atoms with E-state index in [0.29, 0.717) is 0 Å². The summed E-state index contributed by atoms with van der Waals surface area (Å²) in [6.07, 6.45) is 0. The molecule has 1 radical (unpaired) electrons. The van der Waals surface area contributed by atoms with Crippen molar-refractivity contribution < 1.29 is 0 Å². The quantitative estimate of drug-likeness (QED) is 0.483. The van der Waals surface area contributed by atoms with Crippen LogP contribution >= 0.6 is 0 Å². The highest BCUT2D eigenvalue weighted by Crippen LogP contribution is 1.69. The van der Waals surface area contributed by atoms with Crippen LogP contribution < -0.4 is 5.32 Å². The van der Waals surface area contributed by atoms with Gasteiger partial charge in [0.05, 0.1) is 0 Å². The molecule has 0 amide bonds. The van der Waals surface area contributed by atoms with Crippen LogP contribution in [0.1, 0.15) is 6.92 Å². The van der Waals surface area contributed by atoms with Gasteiger partial charge in [-0.05, 0) is 6.92 Å². The lowest BCUT2D eigenvalue weighted by atomic mass is 10.6. The van der Waals surface area contributed by atoms with E-state index in [-0.39, 0.29) is 0 Å². The fourth-order valence-corrected chi connectivity index (χ4v) is 0. The second-order valence-electron chi connectivity index (χ2n) is 0.957. The van der Waals surface area contributed by atoms with Crippen molar-refractivity contribution in [3.05, 3.63) is 19.3 Å². The van der Waals surface area contributed by atoms with Crippen molar-refractivity contribution in [3.8, 4) is 0 Å². The smallest absolute Gasteiger partial charge is 0.0317 e. The Morgan fingerprint density at radius 2 is 2.00 bits per heavy atom. The van der Waals surface area contributed by atoms with Crippen LogP contribution in [-0.4, -0.2) is 0 Å². The van der Waals surface area contributed by atoms with Gasteiger partial charge in [0.15, 0.2) is 0 Å². The highest BCUT2D eigenvalue weighted by atomic mass is 14.8. The molecule has 0 saturated carbocycles. The molecule has 0 unspecified atom stereocenters. The van der Waals surface area contributed by atoms with Crippen molar-refractivity contribution in [1.29, 1.82) is 0 Å². The highest BCUT2D eigenvalue weighted by molar-refractivity contribution is 4.82. The monoisotopic (exact) mass is 70.1 g/mol. The minimum absolute atomic E-state index is 0.894. The molecule has 0 aliphatic rings. The summed E-state index contributed by atoms with van der Waals surface area (Å²) in [5.74, 6) is 0. The zero-order chi connectivity index (χ0) is 4.28. The number of hydrogen-bond acceptors (Lipinski definition) is 1. The zero-order valence-electron chi connectivity index (χ0n) is 3.41. The Hall–Kier alpha value is -0.460. The Morgan fingerprint density at radius 1 is 1.80 bits per heavy atom. The molecule has 0 bridgehead atoms. The van der Waals surface area contributed by atoms with Crippen LogP contribution in [0.15, 0.2) is 12.3 Å². The molecule has 0 spiro atoms. The Balaban J connectivity index is 2.85.